The summed E-state index contributed by atoms with van der Waals surface area (Å²) in [4.78, 5) is 15.6. The maximum Gasteiger partial charge on any atom is 0.226 e. The third-order valence-corrected chi connectivity index (χ3v) is 5.68. The maximum absolute atomic E-state index is 13.0. The smallest absolute Gasteiger partial charge is 0.226 e. The molecule has 3 rings (SSSR count). The zero-order valence-electron chi connectivity index (χ0n) is 14.1. The normalized spacial score (nSPS) is 12.5. The number of nitrogens with zero attached hydrogens (tertiary/aromatic N) is 2. The van der Waals surface area contributed by atoms with Crippen molar-refractivity contribution in [3.05, 3.63) is 46.1 Å². The lowest BCUT2D eigenvalue weighted by molar-refractivity contribution is -0.116. The lowest BCUT2D eigenvalue weighted by Crippen LogP contribution is -2.27. The quantitative estimate of drug-likeness (QED) is 0.847. The highest BCUT2D eigenvalue weighted by atomic mass is 32.1. The number of anilines is 2. The predicted octanol–water partition coefficient (Wildman–Crippen LogP) is 4.10. The predicted molar refractivity (Wildman–Crippen MR) is 98.6 cm³/mol. The van der Waals surface area contributed by atoms with Crippen molar-refractivity contribution in [2.24, 2.45) is 0 Å². The Morgan fingerprint density at radius 3 is 2.80 bits per heavy atom. The number of aryl methyl sites for hydroxylation is 1. The molecule has 130 valence electrons. The van der Waals surface area contributed by atoms with Crippen LogP contribution in [-0.2, 0) is 17.6 Å². The topological polar surface area (TPSA) is 56.1 Å². The van der Waals surface area contributed by atoms with Crippen molar-refractivity contribution < 1.29 is 9.18 Å². The minimum absolute atomic E-state index is 0.100. The van der Waals surface area contributed by atoms with Crippen LogP contribution in [0.2, 0.25) is 0 Å². The van der Waals surface area contributed by atoms with Crippen LogP contribution in [0, 0.1) is 17.1 Å². The van der Waals surface area contributed by atoms with Crippen LogP contribution >= 0.6 is 11.3 Å². The van der Waals surface area contributed by atoms with E-state index in [1.807, 2.05) is 11.8 Å². The van der Waals surface area contributed by atoms with Crippen LogP contribution in [0.25, 0.3) is 0 Å². The van der Waals surface area contributed by atoms with Gasteiger partial charge < -0.3 is 10.2 Å². The molecule has 1 amide bonds. The molecule has 2 aromatic rings. The molecule has 1 N–H and O–H groups in total. The lowest BCUT2D eigenvalue weighted by atomic mass is 10.1. The number of thiophene rings is 1. The highest BCUT2D eigenvalue weighted by molar-refractivity contribution is 7.16. The molecule has 0 spiro atoms. The summed E-state index contributed by atoms with van der Waals surface area (Å²) in [5.41, 5.74) is 2.64. The number of amides is 1. The molecular weight excluding hydrogens is 337 g/mol. The third kappa shape index (κ3) is 3.83. The number of rotatable bonds is 6. The van der Waals surface area contributed by atoms with E-state index in [0.717, 1.165) is 37.1 Å². The maximum atomic E-state index is 13.0. The molecule has 1 heterocycles. The first kappa shape index (κ1) is 17.4. The zero-order chi connectivity index (χ0) is 17.8. The fourth-order valence-electron chi connectivity index (χ4n) is 3.16. The second-order valence-corrected chi connectivity index (χ2v) is 7.13. The molecule has 0 saturated heterocycles. The molecule has 0 fully saturated rings. The van der Waals surface area contributed by atoms with Gasteiger partial charge in [-0.2, -0.15) is 5.26 Å². The Hall–Kier alpha value is -2.39. The van der Waals surface area contributed by atoms with Gasteiger partial charge >= 0.3 is 0 Å². The number of halogens is 1. The highest BCUT2D eigenvalue weighted by Gasteiger charge is 2.23. The van der Waals surface area contributed by atoms with Gasteiger partial charge in [-0.1, -0.05) is 0 Å². The van der Waals surface area contributed by atoms with Gasteiger partial charge in [0.1, 0.15) is 16.9 Å². The van der Waals surface area contributed by atoms with E-state index in [0.29, 0.717) is 23.5 Å². The Balaban J connectivity index is 1.61. The lowest BCUT2D eigenvalue weighted by Gasteiger charge is -2.22. The SMILES string of the molecule is CCN(CCC(=O)Nc1sc2c(c1C#N)CCC2)c1ccc(F)cc1. The van der Waals surface area contributed by atoms with E-state index < -0.39 is 0 Å². The van der Waals surface area contributed by atoms with Crippen LogP contribution in [-0.4, -0.2) is 19.0 Å². The van der Waals surface area contributed by atoms with Crippen molar-refractivity contribution in [3.63, 3.8) is 0 Å². The Morgan fingerprint density at radius 1 is 1.36 bits per heavy atom. The number of hydrogen-bond acceptors (Lipinski definition) is 4. The summed E-state index contributed by atoms with van der Waals surface area (Å²) in [5, 5.41) is 13.0. The molecule has 6 heteroatoms. The van der Waals surface area contributed by atoms with Crippen molar-refractivity contribution in [2.45, 2.75) is 32.6 Å². The minimum Gasteiger partial charge on any atom is -0.371 e. The van der Waals surface area contributed by atoms with E-state index in [-0.39, 0.29) is 11.7 Å². The summed E-state index contributed by atoms with van der Waals surface area (Å²) < 4.78 is 13.0. The van der Waals surface area contributed by atoms with Gasteiger partial charge in [-0.3, -0.25) is 4.79 Å². The standard InChI is InChI=1S/C19H20FN3OS/c1-2-23(14-8-6-13(20)7-9-14)11-10-18(24)22-19-16(12-21)15-4-3-5-17(15)25-19/h6-9H,2-5,10-11H2,1H3,(H,22,24). The fraction of sp³-hybridized carbons (Fsp3) is 0.368. The second kappa shape index (κ2) is 7.66. The molecular formula is C19H20FN3OS. The van der Waals surface area contributed by atoms with Crippen LogP contribution in [0.3, 0.4) is 0 Å². The summed E-state index contributed by atoms with van der Waals surface area (Å²) in [6.07, 6.45) is 3.34. The molecule has 25 heavy (non-hydrogen) atoms. The van der Waals surface area contributed by atoms with E-state index >= 15 is 0 Å². The molecule has 0 saturated carbocycles. The fourth-order valence-corrected chi connectivity index (χ4v) is 4.41. The Labute approximate surface area is 150 Å². The number of benzene rings is 1. The first-order valence-electron chi connectivity index (χ1n) is 8.47. The molecule has 0 aliphatic heterocycles. The van der Waals surface area contributed by atoms with Crippen LogP contribution in [0.15, 0.2) is 24.3 Å². The number of carbonyl (C=O) groups excluding carboxylic acids is 1. The summed E-state index contributed by atoms with van der Waals surface area (Å²) in [6, 6.07) is 8.51. The van der Waals surface area contributed by atoms with Gasteiger partial charge in [-0.15, -0.1) is 11.3 Å². The van der Waals surface area contributed by atoms with E-state index in [1.54, 1.807) is 12.1 Å². The molecule has 0 radical (unpaired) electrons. The monoisotopic (exact) mass is 357 g/mol. The summed E-state index contributed by atoms with van der Waals surface area (Å²) in [6.45, 7) is 3.27. The van der Waals surface area contributed by atoms with Gasteiger partial charge in [-0.05, 0) is 56.0 Å². The van der Waals surface area contributed by atoms with Crippen molar-refractivity contribution in [1.29, 1.82) is 5.26 Å². The van der Waals surface area contributed by atoms with Crippen LogP contribution in [0.5, 0.6) is 0 Å². The van der Waals surface area contributed by atoms with Crippen LogP contribution in [0.1, 0.15) is 35.8 Å². The molecule has 1 aliphatic carbocycles. The van der Waals surface area contributed by atoms with Crippen LogP contribution < -0.4 is 10.2 Å². The zero-order valence-corrected chi connectivity index (χ0v) is 15.0. The average molecular weight is 357 g/mol. The summed E-state index contributed by atoms with van der Waals surface area (Å²) >= 11 is 1.53. The first-order chi connectivity index (χ1) is 12.1. The number of fused-ring (bicyclic) bond motifs is 1. The number of nitriles is 1. The van der Waals surface area contributed by atoms with Crippen molar-refractivity contribution in [3.8, 4) is 6.07 Å². The van der Waals surface area contributed by atoms with Gasteiger partial charge in [0.25, 0.3) is 0 Å². The summed E-state index contributed by atoms with van der Waals surface area (Å²) in [5.74, 6) is -0.371. The molecule has 0 unspecified atom stereocenters. The van der Waals surface area contributed by atoms with Gasteiger partial charge in [0.05, 0.1) is 5.56 Å². The highest BCUT2D eigenvalue weighted by Crippen LogP contribution is 2.38. The number of carbonyl (C=O) groups is 1. The van der Waals surface area contributed by atoms with Gasteiger partial charge in [0, 0.05) is 30.1 Å². The van der Waals surface area contributed by atoms with E-state index in [9.17, 15) is 14.4 Å². The average Bonchev–Trinajstić information content (AvgIpc) is 3.17. The van der Waals surface area contributed by atoms with E-state index in [1.165, 1.54) is 28.3 Å². The van der Waals surface area contributed by atoms with Gasteiger partial charge in [0.15, 0.2) is 0 Å². The van der Waals surface area contributed by atoms with Crippen LogP contribution in [0.4, 0.5) is 15.1 Å². The molecule has 1 aromatic heterocycles. The third-order valence-electron chi connectivity index (χ3n) is 4.47. The largest absolute Gasteiger partial charge is 0.371 e. The minimum atomic E-state index is -0.271. The van der Waals surface area contributed by atoms with Gasteiger partial charge in [-0.25, -0.2) is 4.39 Å². The summed E-state index contributed by atoms with van der Waals surface area (Å²) in [7, 11) is 0. The van der Waals surface area contributed by atoms with Crippen molar-refractivity contribution >= 4 is 27.9 Å². The second-order valence-electron chi connectivity index (χ2n) is 6.03. The molecule has 0 bridgehead atoms. The molecule has 1 aliphatic rings. The first-order valence-corrected chi connectivity index (χ1v) is 9.29. The molecule has 1 aromatic carbocycles. The van der Waals surface area contributed by atoms with Gasteiger partial charge in [0.2, 0.25) is 5.91 Å². The Kier molecular flexibility index (Phi) is 5.34. The molecule has 0 atom stereocenters. The number of hydrogen-bond donors (Lipinski definition) is 1. The van der Waals surface area contributed by atoms with E-state index in [4.69, 9.17) is 0 Å². The Bertz CT molecular complexity index is 807. The number of nitrogens with one attached hydrogen (secondary N) is 1. The molecule has 4 nitrogen and oxygen atoms in total. The van der Waals surface area contributed by atoms with Crippen molar-refractivity contribution in [1.82, 2.24) is 0 Å². The van der Waals surface area contributed by atoms with E-state index in [2.05, 4.69) is 11.4 Å². The Morgan fingerprint density at radius 2 is 2.12 bits per heavy atom. The van der Waals surface area contributed by atoms with Crippen molar-refractivity contribution in [2.75, 3.05) is 23.3 Å².